The number of carbonyl (C=O) groups is 1. The highest BCUT2D eigenvalue weighted by atomic mass is 16.5. The van der Waals surface area contributed by atoms with Gasteiger partial charge in [-0.3, -0.25) is 9.48 Å². The van der Waals surface area contributed by atoms with Crippen molar-refractivity contribution in [1.82, 2.24) is 20.4 Å². The number of likely N-dealkylation sites (N-methyl/N-ethyl adjacent to an activating group) is 1. The van der Waals surface area contributed by atoms with Crippen LogP contribution in [0, 0.1) is 6.92 Å². The highest BCUT2D eigenvalue weighted by molar-refractivity contribution is 5.83. The van der Waals surface area contributed by atoms with Crippen molar-refractivity contribution in [2.45, 2.75) is 38.5 Å². The molecule has 2 unspecified atom stereocenters. The van der Waals surface area contributed by atoms with Crippen LogP contribution in [0.4, 0.5) is 0 Å². The smallest absolute Gasteiger partial charge is 0.242 e. The zero-order chi connectivity index (χ0) is 19.2. The molecule has 7 heteroatoms. The summed E-state index contributed by atoms with van der Waals surface area (Å²) in [7, 11) is 3.59. The van der Waals surface area contributed by atoms with Gasteiger partial charge in [0.1, 0.15) is 18.4 Å². The first-order chi connectivity index (χ1) is 13.1. The van der Waals surface area contributed by atoms with E-state index in [0.29, 0.717) is 13.2 Å². The maximum atomic E-state index is 12.6. The molecule has 2 atom stereocenters. The molecule has 2 aromatic rings. The van der Waals surface area contributed by atoms with Crippen LogP contribution in [-0.2, 0) is 23.1 Å². The first-order valence-corrected chi connectivity index (χ1v) is 9.34. The number of nitrogens with zero attached hydrogens (tertiary/aromatic N) is 2. The molecule has 0 saturated carbocycles. The molecule has 0 aliphatic carbocycles. The minimum Gasteiger partial charge on any atom is -0.491 e. The average Bonchev–Trinajstić information content (AvgIpc) is 3.31. The standard InChI is InChI=1S/C20H28N4O3/c1-14-6-7-15(18(9-14)27-13-17-5-4-8-26-17)10-22-20(25)19(21-2)16-11-23-24(3)12-16/h6-7,9,11-12,17,19,21H,4-5,8,10,13H2,1-3H3,(H,22,25). The zero-order valence-corrected chi connectivity index (χ0v) is 16.2. The molecule has 2 N–H and O–H groups in total. The molecule has 27 heavy (non-hydrogen) atoms. The van der Waals surface area contributed by atoms with Crippen LogP contribution >= 0.6 is 0 Å². The fourth-order valence-corrected chi connectivity index (χ4v) is 3.22. The SMILES string of the molecule is CNC(C(=O)NCc1ccc(C)cc1OCC1CCCO1)c1cnn(C)c1. The van der Waals surface area contributed by atoms with Crippen LogP contribution in [0.1, 0.15) is 35.6 Å². The van der Waals surface area contributed by atoms with E-state index in [2.05, 4.69) is 15.7 Å². The van der Waals surface area contributed by atoms with Gasteiger partial charge in [0.05, 0.1) is 12.3 Å². The summed E-state index contributed by atoms with van der Waals surface area (Å²) in [6, 6.07) is 5.59. The van der Waals surface area contributed by atoms with Crippen molar-refractivity contribution in [2.24, 2.45) is 7.05 Å². The van der Waals surface area contributed by atoms with E-state index < -0.39 is 6.04 Å². The summed E-state index contributed by atoms with van der Waals surface area (Å²) in [6.07, 6.45) is 5.82. The van der Waals surface area contributed by atoms with E-state index in [4.69, 9.17) is 9.47 Å². The number of amides is 1. The van der Waals surface area contributed by atoms with Crippen LogP contribution in [-0.4, -0.2) is 42.1 Å². The molecule has 1 aromatic carbocycles. The summed E-state index contributed by atoms with van der Waals surface area (Å²) in [6.45, 7) is 3.78. The molecular weight excluding hydrogens is 344 g/mol. The van der Waals surface area contributed by atoms with E-state index in [-0.39, 0.29) is 12.0 Å². The topological polar surface area (TPSA) is 77.4 Å². The van der Waals surface area contributed by atoms with Gasteiger partial charge in [-0.25, -0.2) is 0 Å². The zero-order valence-electron chi connectivity index (χ0n) is 16.2. The minimum atomic E-state index is -0.444. The molecule has 1 aliphatic heterocycles. The maximum absolute atomic E-state index is 12.6. The van der Waals surface area contributed by atoms with Gasteiger partial charge in [0.2, 0.25) is 5.91 Å². The molecule has 0 bridgehead atoms. The minimum absolute atomic E-state index is 0.101. The molecule has 7 nitrogen and oxygen atoms in total. The average molecular weight is 372 g/mol. The third-order valence-corrected chi connectivity index (χ3v) is 4.73. The van der Waals surface area contributed by atoms with Gasteiger partial charge >= 0.3 is 0 Å². The van der Waals surface area contributed by atoms with Crippen LogP contribution in [0.3, 0.4) is 0 Å². The molecule has 146 valence electrons. The molecular formula is C20H28N4O3. The molecule has 1 aliphatic rings. The fourth-order valence-electron chi connectivity index (χ4n) is 3.22. The lowest BCUT2D eigenvalue weighted by Crippen LogP contribution is -2.35. The fraction of sp³-hybridized carbons (Fsp3) is 0.500. The molecule has 1 saturated heterocycles. The number of rotatable bonds is 8. The second-order valence-electron chi connectivity index (χ2n) is 6.94. The normalized spacial score (nSPS) is 17.7. The van der Waals surface area contributed by atoms with E-state index >= 15 is 0 Å². The Morgan fingerprint density at radius 3 is 3.00 bits per heavy atom. The Bertz CT molecular complexity index is 768. The van der Waals surface area contributed by atoms with Crippen molar-refractivity contribution in [3.63, 3.8) is 0 Å². The highest BCUT2D eigenvalue weighted by Gasteiger charge is 2.21. The van der Waals surface area contributed by atoms with Crippen molar-refractivity contribution in [3.8, 4) is 5.75 Å². The first-order valence-electron chi connectivity index (χ1n) is 9.34. The summed E-state index contributed by atoms with van der Waals surface area (Å²) in [5.41, 5.74) is 2.90. The van der Waals surface area contributed by atoms with E-state index in [9.17, 15) is 4.79 Å². The molecule has 2 heterocycles. The van der Waals surface area contributed by atoms with Gasteiger partial charge in [-0.1, -0.05) is 12.1 Å². The van der Waals surface area contributed by atoms with Gasteiger partial charge in [-0.2, -0.15) is 5.10 Å². The van der Waals surface area contributed by atoms with Gasteiger partial charge in [-0.05, 0) is 38.4 Å². The quantitative estimate of drug-likeness (QED) is 0.740. The predicted molar refractivity (Wildman–Crippen MR) is 103 cm³/mol. The largest absolute Gasteiger partial charge is 0.491 e. The highest BCUT2D eigenvalue weighted by Crippen LogP contribution is 2.22. The van der Waals surface area contributed by atoms with E-state index in [1.807, 2.05) is 38.4 Å². The molecule has 1 amide bonds. The van der Waals surface area contributed by atoms with Gasteiger partial charge in [0, 0.05) is 37.5 Å². The molecule has 3 rings (SSSR count). The lowest BCUT2D eigenvalue weighted by atomic mass is 10.1. The third kappa shape index (κ3) is 5.08. The summed E-state index contributed by atoms with van der Waals surface area (Å²) >= 11 is 0. The van der Waals surface area contributed by atoms with Crippen LogP contribution in [0.5, 0.6) is 5.75 Å². The summed E-state index contributed by atoms with van der Waals surface area (Å²) in [5.74, 6) is 0.698. The maximum Gasteiger partial charge on any atom is 0.242 e. The number of nitrogens with one attached hydrogen (secondary N) is 2. The molecule has 1 aromatic heterocycles. The summed E-state index contributed by atoms with van der Waals surface area (Å²) in [5, 5.41) is 10.2. The van der Waals surface area contributed by atoms with Gasteiger partial charge < -0.3 is 20.1 Å². The number of ether oxygens (including phenoxy) is 2. The van der Waals surface area contributed by atoms with Crippen molar-refractivity contribution in [1.29, 1.82) is 0 Å². The first kappa shape index (κ1) is 19.4. The van der Waals surface area contributed by atoms with Crippen molar-refractivity contribution in [2.75, 3.05) is 20.3 Å². The van der Waals surface area contributed by atoms with Crippen molar-refractivity contribution >= 4 is 5.91 Å². The summed E-state index contributed by atoms with van der Waals surface area (Å²) < 4.78 is 13.3. The number of aromatic nitrogens is 2. The molecule has 1 fully saturated rings. The van der Waals surface area contributed by atoms with Crippen LogP contribution in [0.25, 0.3) is 0 Å². The van der Waals surface area contributed by atoms with Crippen LogP contribution in [0.2, 0.25) is 0 Å². The van der Waals surface area contributed by atoms with E-state index in [1.54, 1.807) is 17.9 Å². The van der Waals surface area contributed by atoms with Gasteiger partial charge in [0.15, 0.2) is 0 Å². The Hall–Kier alpha value is -2.38. The van der Waals surface area contributed by atoms with Crippen LogP contribution < -0.4 is 15.4 Å². The lowest BCUT2D eigenvalue weighted by molar-refractivity contribution is -0.123. The second-order valence-corrected chi connectivity index (χ2v) is 6.94. The van der Waals surface area contributed by atoms with E-state index in [0.717, 1.165) is 41.9 Å². The molecule has 0 spiro atoms. The second kappa shape index (κ2) is 9.01. The van der Waals surface area contributed by atoms with Crippen molar-refractivity contribution < 1.29 is 14.3 Å². The summed E-state index contributed by atoms with van der Waals surface area (Å²) in [4.78, 5) is 12.6. The van der Waals surface area contributed by atoms with Gasteiger partial charge in [-0.15, -0.1) is 0 Å². The Kier molecular flexibility index (Phi) is 6.47. The number of hydrogen-bond donors (Lipinski definition) is 2. The van der Waals surface area contributed by atoms with Crippen LogP contribution in [0.15, 0.2) is 30.6 Å². The number of benzene rings is 1. The molecule has 0 radical (unpaired) electrons. The van der Waals surface area contributed by atoms with Crippen molar-refractivity contribution in [3.05, 3.63) is 47.3 Å². The Morgan fingerprint density at radius 2 is 2.33 bits per heavy atom. The number of carbonyl (C=O) groups excluding carboxylic acids is 1. The third-order valence-electron chi connectivity index (χ3n) is 4.73. The Balaban J connectivity index is 1.63. The predicted octanol–water partition coefficient (Wildman–Crippen LogP) is 1.86. The Labute approximate surface area is 160 Å². The Morgan fingerprint density at radius 1 is 1.48 bits per heavy atom. The number of hydrogen-bond acceptors (Lipinski definition) is 5. The van der Waals surface area contributed by atoms with E-state index in [1.165, 1.54) is 0 Å². The number of aryl methyl sites for hydroxylation is 2. The van der Waals surface area contributed by atoms with Gasteiger partial charge in [0.25, 0.3) is 0 Å². The lowest BCUT2D eigenvalue weighted by Gasteiger charge is -2.18. The monoisotopic (exact) mass is 372 g/mol.